The average molecular weight is 335 g/mol. The first kappa shape index (κ1) is 15.8. The third-order valence-electron chi connectivity index (χ3n) is 3.94. The second-order valence-corrected chi connectivity index (χ2v) is 7.13. The zero-order valence-electron chi connectivity index (χ0n) is 12.6. The molecule has 2 aromatic rings. The van der Waals surface area contributed by atoms with Crippen molar-refractivity contribution in [3.63, 3.8) is 0 Å². The van der Waals surface area contributed by atoms with Crippen molar-refractivity contribution < 1.29 is 22.4 Å². The number of benzene rings is 1. The van der Waals surface area contributed by atoms with Gasteiger partial charge in [-0.1, -0.05) is 12.1 Å². The van der Waals surface area contributed by atoms with Gasteiger partial charge < -0.3 is 9.15 Å². The van der Waals surface area contributed by atoms with Gasteiger partial charge in [0.2, 0.25) is 10.0 Å². The Morgan fingerprint density at radius 3 is 2.74 bits per heavy atom. The van der Waals surface area contributed by atoms with Crippen molar-refractivity contribution in [3.8, 4) is 11.3 Å². The normalized spacial score (nSPS) is 18.9. The molecule has 0 bridgehead atoms. The number of esters is 1. The third kappa shape index (κ3) is 2.77. The quantitative estimate of drug-likeness (QED) is 0.801. The van der Waals surface area contributed by atoms with E-state index in [1.54, 1.807) is 30.3 Å². The summed E-state index contributed by atoms with van der Waals surface area (Å²) in [7, 11) is -2.56. The van der Waals surface area contributed by atoms with E-state index in [2.05, 4.69) is 0 Å². The minimum atomic E-state index is -3.83. The van der Waals surface area contributed by atoms with E-state index >= 15 is 0 Å². The number of methoxy groups -OCH3 is 1. The van der Waals surface area contributed by atoms with Gasteiger partial charge in [-0.15, -0.1) is 0 Å². The summed E-state index contributed by atoms with van der Waals surface area (Å²) in [6.07, 6.45) is 2.59. The van der Waals surface area contributed by atoms with Gasteiger partial charge in [0, 0.05) is 12.1 Å². The van der Waals surface area contributed by atoms with E-state index in [-0.39, 0.29) is 4.90 Å². The maximum absolute atomic E-state index is 13.1. The Bertz CT molecular complexity index is 798. The number of rotatable bonds is 4. The Labute approximate surface area is 134 Å². The van der Waals surface area contributed by atoms with Crippen molar-refractivity contribution in [2.75, 3.05) is 13.7 Å². The number of carbonyl (C=O) groups is 1. The molecule has 0 aliphatic carbocycles. The lowest BCUT2D eigenvalue weighted by Gasteiger charge is -2.23. The van der Waals surface area contributed by atoms with Crippen LogP contribution in [0.4, 0.5) is 0 Å². The molecule has 0 amide bonds. The number of hydrogen-bond acceptors (Lipinski definition) is 5. The minimum absolute atomic E-state index is 0.130. The molecule has 1 aromatic heterocycles. The molecule has 7 heteroatoms. The van der Waals surface area contributed by atoms with Crippen LogP contribution in [-0.2, 0) is 19.6 Å². The van der Waals surface area contributed by atoms with Crippen LogP contribution in [0.3, 0.4) is 0 Å². The molecule has 1 aliphatic rings. The van der Waals surface area contributed by atoms with Gasteiger partial charge in [-0.25, -0.2) is 8.42 Å². The molecule has 0 spiro atoms. The van der Waals surface area contributed by atoms with Gasteiger partial charge in [0.05, 0.1) is 18.3 Å². The molecule has 3 rings (SSSR count). The van der Waals surface area contributed by atoms with Crippen molar-refractivity contribution in [2.24, 2.45) is 0 Å². The molecule has 122 valence electrons. The highest BCUT2D eigenvalue weighted by Crippen LogP contribution is 2.33. The second-order valence-electron chi connectivity index (χ2n) is 5.27. The number of carbonyl (C=O) groups excluding carboxylic acids is 1. The fourth-order valence-corrected chi connectivity index (χ4v) is 4.70. The molecule has 1 fully saturated rings. The van der Waals surface area contributed by atoms with Crippen LogP contribution in [0.25, 0.3) is 11.3 Å². The summed E-state index contributed by atoms with van der Waals surface area (Å²) in [5.74, 6) is -0.0560. The summed E-state index contributed by atoms with van der Waals surface area (Å²) in [6.45, 7) is 0.300. The Morgan fingerprint density at radius 2 is 2.04 bits per heavy atom. The van der Waals surface area contributed by atoms with Gasteiger partial charge in [0.15, 0.2) is 0 Å². The highest BCUT2D eigenvalue weighted by molar-refractivity contribution is 7.89. The van der Waals surface area contributed by atoms with Crippen molar-refractivity contribution >= 4 is 16.0 Å². The predicted octanol–water partition coefficient (Wildman–Crippen LogP) is 2.27. The number of hydrogen-bond donors (Lipinski definition) is 0. The van der Waals surface area contributed by atoms with Crippen molar-refractivity contribution in [2.45, 2.75) is 23.8 Å². The van der Waals surface area contributed by atoms with Gasteiger partial charge in [0.1, 0.15) is 11.8 Å². The summed E-state index contributed by atoms with van der Waals surface area (Å²) >= 11 is 0. The maximum Gasteiger partial charge on any atom is 0.324 e. The van der Waals surface area contributed by atoms with Crippen LogP contribution >= 0.6 is 0 Å². The van der Waals surface area contributed by atoms with E-state index in [1.807, 2.05) is 0 Å². The van der Waals surface area contributed by atoms with Crippen LogP contribution < -0.4 is 0 Å². The molecule has 1 saturated heterocycles. The molecule has 1 atom stereocenters. The van der Waals surface area contributed by atoms with E-state index < -0.39 is 22.0 Å². The average Bonchev–Trinajstić information content (AvgIpc) is 3.25. The maximum atomic E-state index is 13.1. The van der Waals surface area contributed by atoms with E-state index in [4.69, 9.17) is 9.15 Å². The number of furan rings is 1. The van der Waals surface area contributed by atoms with Gasteiger partial charge in [-0.3, -0.25) is 4.79 Å². The van der Waals surface area contributed by atoms with E-state index in [9.17, 15) is 13.2 Å². The zero-order chi connectivity index (χ0) is 16.4. The van der Waals surface area contributed by atoms with Crippen molar-refractivity contribution in [1.82, 2.24) is 4.31 Å². The summed E-state index contributed by atoms with van der Waals surface area (Å²) in [5.41, 5.74) is 0.480. The Morgan fingerprint density at radius 1 is 1.26 bits per heavy atom. The zero-order valence-corrected chi connectivity index (χ0v) is 13.5. The minimum Gasteiger partial charge on any atom is -0.468 e. The van der Waals surface area contributed by atoms with E-state index in [0.717, 1.165) is 0 Å². The van der Waals surface area contributed by atoms with E-state index in [0.29, 0.717) is 30.7 Å². The van der Waals surface area contributed by atoms with Crippen LogP contribution in [0.1, 0.15) is 12.8 Å². The standard InChI is InChI=1S/C16H17NO5S/c1-21-16(18)13-7-4-10-17(13)23(19,20)15-9-3-2-6-12(15)14-8-5-11-22-14/h2-3,5-6,8-9,11,13H,4,7,10H2,1H3. The highest BCUT2D eigenvalue weighted by atomic mass is 32.2. The number of nitrogens with zero attached hydrogens (tertiary/aromatic N) is 1. The monoisotopic (exact) mass is 335 g/mol. The van der Waals surface area contributed by atoms with Gasteiger partial charge in [0.25, 0.3) is 0 Å². The molecule has 1 aliphatic heterocycles. The molecule has 0 N–H and O–H groups in total. The van der Waals surface area contributed by atoms with Crippen LogP contribution in [0, 0.1) is 0 Å². The topological polar surface area (TPSA) is 76.8 Å². The number of sulfonamides is 1. The Kier molecular flexibility index (Phi) is 4.23. The second kappa shape index (κ2) is 6.17. The lowest BCUT2D eigenvalue weighted by molar-refractivity contribution is -0.144. The molecule has 2 heterocycles. The molecular formula is C16H17NO5S. The predicted molar refractivity (Wildman–Crippen MR) is 83.1 cm³/mol. The van der Waals surface area contributed by atoms with Crippen LogP contribution in [0.2, 0.25) is 0 Å². The molecule has 23 heavy (non-hydrogen) atoms. The smallest absolute Gasteiger partial charge is 0.324 e. The number of ether oxygens (including phenoxy) is 1. The van der Waals surface area contributed by atoms with Gasteiger partial charge >= 0.3 is 5.97 Å². The third-order valence-corrected chi connectivity index (χ3v) is 5.90. The van der Waals surface area contributed by atoms with Crippen LogP contribution in [0.5, 0.6) is 0 Å². The van der Waals surface area contributed by atoms with Crippen LogP contribution in [0.15, 0.2) is 52.0 Å². The molecule has 6 nitrogen and oxygen atoms in total. The highest BCUT2D eigenvalue weighted by Gasteiger charge is 2.41. The Hall–Kier alpha value is -2.12. The fraction of sp³-hybridized carbons (Fsp3) is 0.312. The molecule has 0 radical (unpaired) electrons. The fourth-order valence-electron chi connectivity index (χ4n) is 2.85. The van der Waals surface area contributed by atoms with Crippen molar-refractivity contribution in [1.29, 1.82) is 0 Å². The first-order valence-electron chi connectivity index (χ1n) is 7.28. The summed E-state index contributed by atoms with van der Waals surface area (Å²) in [6, 6.07) is 9.26. The summed E-state index contributed by atoms with van der Waals surface area (Å²) < 4.78 is 37.4. The largest absolute Gasteiger partial charge is 0.468 e. The van der Waals surface area contributed by atoms with Gasteiger partial charge in [-0.05, 0) is 37.1 Å². The molecule has 0 saturated carbocycles. The SMILES string of the molecule is COC(=O)C1CCCN1S(=O)(=O)c1ccccc1-c1ccco1. The van der Waals surface area contributed by atoms with Gasteiger partial charge in [-0.2, -0.15) is 4.31 Å². The molecule has 1 unspecified atom stereocenters. The molecular weight excluding hydrogens is 318 g/mol. The summed E-state index contributed by atoms with van der Waals surface area (Å²) in [4.78, 5) is 12.0. The molecule has 1 aromatic carbocycles. The lowest BCUT2D eigenvalue weighted by Crippen LogP contribution is -2.41. The first-order valence-corrected chi connectivity index (χ1v) is 8.72. The van der Waals surface area contributed by atoms with Crippen molar-refractivity contribution in [3.05, 3.63) is 42.7 Å². The summed E-state index contributed by atoms with van der Waals surface area (Å²) in [5, 5.41) is 0. The van der Waals surface area contributed by atoms with E-state index in [1.165, 1.54) is 23.7 Å². The van der Waals surface area contributed by atoms with Crippen LogP contribution in [-0.4, -0.2) is 38.4 Å². The lowest BCUT2D eigenvalue weighted by atomic mass is 10.2. The first-order chi connectivity index (χ1) is 11.1. The Balaban J connectivity index is 2.06.